The van der Waals surface area contributed by atoms with Gasteiger partial charge in [-0.25, -0.2) is 0 Å². The summed E-state index contributed by atoms with van der Waals surface area (Å²) in [5, 5.41) is 0. The van der Waals surface area contributed by atoms with Crippen molar-refractivity contribution in [3.8, 4) is 0 Å². The Morgan fingerprint density at radius 3 is 2.12 bits per heavy atom. The summed E-state index contributed by atoms with van der Waals surface area (Å²) >= 11 is 0. The zero-order valence-electron chi connectivity index (χ0n) is 9.18. The van der Waals surface area contributed by atoms with Crippen LogP contribution in [0.2, 0.25) is 0 Å². The highest BCUT2D eigenvalue weighted by atomic mass is 16.1. The second kappa shape index (κ2) is 4.71. The van der Waals surface area contributed by atoms with Gasteiger partial charge in [-0.2, -0.15) is 0 Å². The number of hydrogen-bond acceptors (Lipinski definition) is 2. The van der Waals surface area contributed by atoms with Crippen molar-refractivity contribution < 1.29 is 4.79 Å². The number of nitrogens with zero attached hydrogens (tertiary/aromatic N) is 1. The topological polar surface area (TPSA) is 30.0 Å². The molecule has 16 heavy (non-hydrogen) atoms. The molecule has 0 saturated heterocycles. The molecule has 0 spiro atoms. The van der Waals surface area contributed by atoms with Crippen LogP contribution >= 0.6 is 0 Å². The van der Waals surface area contributed by atoms with Crippen LogP contribution in [-0.4, -0.2) is 10.8 Å². The lowest BCUT2D eigenvalue weighted by Gasteiger charge is -2.01. The number of rotatable bonds is 3. The maximum atomic E-state index is 12.0. The molecular weight excluding hydrogens is 198 g/mol. The standard InChI is InChI=1S/C14H13NO/c1-2-11-3-5-12(6-4-11)14(16)13-7-9-15-10-8-13/h3-10H,2H2,1H3. The second-order valence-electron chi connectivity index (χ2n) is 3.62. The molecular formula is C14H13NO. The van der Waals surface area contributed by atoms with Gasteiger partial charge >= 0.3 is 0 Å². The normalized spacial score (nSPS) is 10.1. The zero-order chi connectivity index (χ0) is 11.4. The zero-order valence-corrected chi connectivity index (χ0v) is 9.18. The fraction of sp³-hybridized carbons (Fsp3) is 0.143. The summed E-state index contributed by atoms with van der Waals surface area (Å²) in [6, 6.07) is 11.2. The van der Waals surface area contributed by atoms with Crippen molar-refractivity contribution in [3.63, 3.8) is 0 Å². The van der Waals surface area contributed by atoms with Gasteiger partial charge in [-0.15, -0.1) is 0 Å². The van der Waals surface area contributed by atoms with E-state index in [0.717, 1.165) is 12.0 Å². The number of carbonyl (C=O) groups excluding carboxylic acids is 1. The van der Waals surface area contributed by atoms with Crippen LogP contribution < -0.4 is 0 Å². The van der Waals surface area contributed by atoms with Crippen LogP contribution in [0.25, 0.3) is 0 Å². The minimum Gasteiger partial charge on any atom is -0.289 e. The van der Waals surface area contributed by atoms with Crippen molar-refractivity contribution >= 4 is 5.78 Å². The molecule has 1 aromatic carbocycles. The van der Waals surface area contributed by atoms with E-state index in [1.807, 2.05) is 24.3 Å². The Labute approximate surface area is 95.0 Å². The highest BCUT2D eigenvalue weighted by Gasteiger charge is 2.07. The van der Waals surface area contributed by atoms with E-state index < -0.39 is 0 Å². The van der Waals surface area contributed by atoms with Crippen molar-refractivity contribution in [1.82, 2.24) is 4.98 Å². The van der Waals surface area contributed by atoms with E-state index in [1.54, 1.807) is 24.5 Å². The molecule has 0 atom stereocenters. The molecule has 0 bridgehead atoms. The van der Waals surface area contributed by atoms with E-state index in [0.29, 0.717) is 5.56 Å². The van der Waals surface area contributed by atoms with Gasteiger partial charge in [0, 0.05) is 23.5 Å². The van der Waals surface area contributed by atoms with Crippen LogP contribution in [0.1, 0.15) is 28.4 Å². The summed E-state index contributed by atoms with van der Waals surface area (Å²) in [5.41, 5.74) is 2.65. The molecule has 80 valence electrons. The third-order valence-corrected chi connectivity index (χ3v) is 2.57. The lowest BCUT2D eigenvalue weighted by atomic mass is 10.0. The van der Waals surface area contributed by atoms with Crippen molar-refractivity contribution in [2.24, 2.45) is 0 Å². The molecule has 1 heterocycles. The van der Waals surface area contributed by atoms with E-state index in [4.69, 9.17) is 0 Å². The number of ketones is 1. The molecule has 0 aliphatic heterocycles. The highest BCUT2D eigenvalue weighted by Crippen LogP contribution is 2.10. The van der Waals surface area contributed by atoms with Gasteiger partial charge in [-0.1, -0.05) is 31.2 Å². The van der Waals surface area contributed by atoms with Gasteiger partial charge in [-0.05, 0) is 24.1 Å². The average Bonchev–Trinajstić information content (AvgIpc) is 2.39. The molecule has 0 amide bonds. The monoisotopic (exact) mass is 211 g/mol. The number of pyridine rings is 1. The van der Waals surface area contributed by atoms with Crippen molar-refractivity contribution in [1.29, 1.82) is 0 Å². The van der Waals surface area contributed by atoms with E-state index in [2.05, 4.69) is 11.9 Å². The van der Waals surface area contributed by atoms with Gasteiger partial charge in [0.1, 0.15) is 0 Å². The molecule has 0 aliphatic carbocycles. The molecule has 0 radical (unpaired) electrons. The Morgan fingerprint density at radius 2 is 1.56 bits per heavy atom. The summed E-state index contributed by atoms with van der Waals surface area (Å²) in [6.07, 6.45) is 4.25. The van der Waals surface area contributed by atoms with E-state index in [9.17, 15) is 4.79 Å². The molecule has 0 N–H and O–H groups in total. The van der Waals surface area contributed by atoms with Gasteiger partial charge in [-0.3, -0.25) is 9.78 Å². The van der Waals surface area contributed by atoms with Crippen LogP contribution in [0.4, 0.5) is 0 Å². The number of hydrogen-bond donors (Lipinski definition) is 0. The predicted molar refractivity (Wildman–Crippen MR) is 63.5 cm³/mol. The molecule has 2 aromatic rings. The highest BCUT2D eigenvalue weighted by molar-refractivity contribution is 6.08. The van der Waals surface area contributed by atoms with Crippen LogP contribution in [-0.2, 0) is 6.42 Å². The van der Waals surface area contributed by atoms with Crippen LogP contribution in [0.3, 0.4) is 0 Å². The first-order valence-electron chi connectivity index (χ1n) is 5.35. The largest absolute Gasteiger partial charge is 0.289 e. The first-order valence-corrected chi connectivity index (χ1v) is 5.35. The van der Waals surface area contributed by atoms with Gasteiger partial charge in [0.2, 0.25) is 0 Å². The van der Waals surface area contributed by atoms with Gasteiger partial charge < -0.3 is 0 Å². The fourth-order valence-electron chi connectivity index (χ4n) is 1.56. The third-order valence-electron chi connectivity index (χ3n) is 2.57. The first kappa shape index (κ1) is 10.6. The smallest absolute Gasteiger partial charge is 0.193 e. The van der Waals surface area contributed by atoms with E-state index in [1.165, 1.54) is 5.56 Å². The summed E-state index contributed by atoms with van der Waals surface area (Å²) in [6.45, 7) is 2.10. The molecule has 0 fully saturated rings. The minimum atomic E-state index is 0.0463. The van der Waals surface area contributed by atoms with Crippen molar-refractivity contribution in [2.45, 2.75) is 13.3 Å². The predicted octanol–water partition coefficient (Wildman–Crippen LogP) is 2.88. The van der Waals surface area contributed by atoms with E-state index >= 15 is 0 Å². The molecule has 0 aliphatic rings. The van der Waals surface area contributed by atoms with E-state index in [-0.39, 0.29) is 5.78 Å². The van der Waals surface area contributed by atoms with Crippen molar-refractivity contribution in [2.75, 3.05) is 0 Å². The summed E-state index contributed by atoms with van der Waals surface area (Å²) < 4.78 is 0. The number of aromatic nitrogens is 1. The second-order valence-corrected chi connectivity index (χ2v) is 3.62. The first-order chi connectivity index (χ1) is 7.81. The van der Waals surface area contributed by atoms with Crippen molar-refractivity contribution in [3.05, 3.63) is 65.5 Å². The molecule has 1 aromatic heterocycles. The molecule has 0 unspecified atom stereocenters. The Morgan fingerprint density at radius 1 is 1.00 bits per heavy atom. The maximum Gasteiger partial charge on any atom is 0.193 e. The molecule has 2 heteroatoms. The molecule has 2 nitrogen and oxygen atoms in total. The van der Waals surface area contributed by atoms with Crippen LogP contribution in [0.15, 0.2) is 48.8 Å². The fourth-order valence-corrected chi connectivity index (χ4v) is 1.56. The number of aryl methyl sites for hydroxylation is 1. The lowest BCUT2D eigenvalue weighted by Crippen LogP contribution is -2.01. The molecule has 2 rings (SSSR count). The van der Waals surface area contributed by atoms with Crippen LogP contribution in [0, 0.1) is 0 Å². The Kier molecular flexibility index (Phi) is 3.10. The Balaban J connectivity index is 2.28. The Hall–Kier alpha value is -1.96. The quantitative estimate of drug-likeness (QED) is 0.731. The SMILES string of the molecule is CCc1ccc(C(=O)c2ccncc2)cc1. The number of carbonyl (C=O) groups is 1. The average molecular weight is 211 g/mol. The van der Waals surface area contributed by atoms with Gasteiger partial charge in [0.25, 0.3) is 0 Å². The van der Waals surface area contributed by atoms with Gasteiger partial charge in [0.15, 0.2) is 5.78 Å². The summed E-state index contributed by atoms with van der Waals surface area (Å²) in [5.74, 6) is 0.0463. The third kappa shape index (κ3) is 2.16. The number of benzene rings is 1. The lowest BCUT2D eigenvalue weighted by molar-refractivity contribution is 0.103. The summed E-state index contributed by atoms with van der Waals surface area (Å²) in [7, 11) is 0. The minimum absolute atomic E-state index is 0.0463. The van der Waals surface area contributed by atoms with Crippen LogP contribution in [0.5, 0.6) is 0 Å². The molecule has 0 saturated carbocycles. The van der Waals surface area contributed by atoms with Gasteiger partial charge in [0.05, 0.1) is 0 Å². The maximum absolute atomic E-state index is 12.0. The summed E-state index contributed by atoms with van der Waals surface area (Å²) in [4.78, 5) is 15.9. The Bertz CT molecular complexity index is 474.